The standard InChI is InChI=1S/C18H24N4O/c23-18(20-16-6-2-1-3-7-16)15-22-11-5-10-21(12-13-22)14-17-8-4-9-19-17/h1-4,6-9,19H,5,10-15H2,(H,20,23). The predicted molar refractivity (Wildman–Crippen MR) is 92.2 cm³/mol. The van der Waals surface area contributed by atoms with Crippen LogP contribution in [0.3, 0.4) is 0 Å². The highest BCUT2D eigenvalue weighted by Crippen LogP contribution is 2.09. The lowest BCUT2D eigenvalue weighted by Crippen LogP contribution is -2.36. The van der Waals surface area contributed by atoms with Gasteiger partial charge in [0.1, 0.15) is 0 Å². The summed E-state index contributed by atoms with van der Waals surface area (Å²) < 4.78 is 0. The molecule has 0 atom stereocenters. The van der Waals surface area contributed by atoms with Crippen LogP contribution < -0.4 is 5.32 Å². The number of hydrogen-bond donors (Lipinski definition) is 2. The van der Waals surface area contributed by atoms with Crippen molar-refractivity contribution in [3.05, 3.63) is 54.4 Å². The van der Waals surface area contributed by atoms with Crippen LogP contribution >= 0.6 is 0 Å². The number of nitrogens with one attached hydrogen (secondary N) is 2. The van der Waals surface area contributed by atoms with E-state index in [9.17, 15) is 4.79 Å². The third-order valence-electron chi connectivity index (χ3n) is 4.16. The Kier molecular flexibility index (Phi) is 5.45. The molecule has 2 N–H and O–H groups in total. The van der Waals surface area contributed by atoms with E-state index in [-0.39, 0.29) is 5.91 Å². The minimum absolute atomic E-state index is 0.0639. The Balaban J connectivity index is 1.45. The van der Waals surface area contributed by atoms with Crippen LogP contribution in [0.5, 0.6) is 0 Å². The van der Waals surface area contributed by atoms with Crippen molar-refractivity contribution in [2.75, 3.05) is 38.0 Å². The minimum Gasteiger partial charge on any atom is -0.364 e. The van der Waals surface area contributed by atoms with E-state index in [1.165, 1.54) is 5.69 Å². The monoisotopic (exact) mass is 312 g/mol. The van der Waals surface area contributed by atoms with Crippen molar-refractivity contribution in [3.8, 4) is 0 Å². The average molecular weight is 312 g/mol. The number of benzene rings is 1. The van der Waals surface area contributed by atoms with Gasteiger partial charge >= 0.3 is 0 Å². The molecule has 1 aromatic heterocycles. The maximum atomic E-state index is 12.2. The van der Waals surface area contributed by atoms with Gasteiger partial charge in [-0.05, 0) is 43.8 Å². The third kappa shape index (κ3) is 4.94. The summed E-state index contributed by atoms with van der Waals surface area (Å²) in [4.78, 5) is 20.1. The van der Waals surface area contributed by atoms with Crippen molar-refractivity contribution in [3.63, 3.8) is 0 Å². The Hall–Kier alpha value is -2.11. The zero-order valence-electron chi connectivity index (χ0n) is 13.4. The zero-order chi connectivity index (χ0) is 15.9. The van der Waals surface area contributed by atoms with Gasteiger partial charge in [0.05, 0.1) is 6.54 Å². The lowest BCUT2D eigenvalue weighted by Gasteiger charge is -2.21. The summed E-state index contributed by atoms with van der Waals surface area (Å²) in [6, 6.07) is 13.8. The van der Waals surface area contributed by atoms with Gasteiger partial charge in [0.25, 0.3) is 0 Å². The van der Waals surface area contributed by atoms with Crippen LogP contribution in [0.15, 0.2) is 48.7 Å². The topological polar surface area (TPSA) is 51.4 Å². The van der Waals surface area contributed by atoms with Crippen molar-refractivity contribution in [2.24, 2.45) is 0 Å². The number of anilines is 1. The quantitative estimate of drug-likeness (QED) is 0.889. The van der Waals surface area contributed by atoms with E-state index in [1.807, 2.05) is 42.6 Å². The molecular formula is C18H24N4O. The van der Waals surface area contributed by atoms with E-state index in [2.05, 4.69) is 26.2 Å². The van der Waals surface area contributed by atoms with E-state index in [0.717, 1.165) is 44.8 Å². The average Bonchev–Trinajstić information content (AvgIpc) is 2.96. The summed E-state index contributed by atoms with van der Waals surface area (Å²) in [5.74, 6) is 0.0639. The van der Waals surface area contributed by atoms with Gasteiger partial charge in [-0.25, -0.2) is 0 Å². The van der Waals surface area contributed by atoms with Gasteiger partial charge in [-0.2, -0.15) is 0 Å². The molecule has 1 fully saturated rings. The first-order valence-electron chi connectivity index (χ1n) is 8.21. The van der Waals surface area contributed by atoms with Gasteiger partial charge in [0.15, 0.2) is 0 Å². The summed E-state index contributed by atoms with van der Waals surface area (Å²) in [7, 11) is 0. The van der Waals surface area contributed by atoms with Crippen LogP contribution in [0.25, 0.3) is 0 Å². The highest BCUT2D eigenvalue weighted by Gasteiger charge is 2.17. The number of para-hydroxylation sites is 1. The SMILES string of the molecule is O=C(CN1CCCN(Cc2ccc[nH]2)CC1)Nc1ccccc1. The molecule has 122 valence electrons. The maximum absolute atomic E-state index is 12.2. The minimum atomic E-state index is 0.0639. The Morgan fingerprint density at radius 3 is 2.57 bits per heavy atom. The number of aromatic nitrogens is 1. The molecule has 0 radical (unpaired) electrons. The smallest absolute Gasteiger partial charge is 0.238 e. The van der Waals surface area contributed by atoms with E-state index < -0.39 is 0 Å². The van der Waals surface area contributed by atoms with Crippen molar-refractivity contribution in [1.29, 1.82) is 0 Å². The van der Waals surface area contributed by atoms with Crippen molar-refractivity contribution >= 4 is 11.6 Å². The molecule has 5 heteroatoms. The summed E-state index contributed by atoms with van der Waals surface area (Å²) in [6.45, 7) is 5.40. The molecule has 1 saturated heterocycles. The molecule has 1 aromatic carbocycles. The van der Waals surface area contributed by atoms with Crippen LogP contribution in [-0.2, 0) is 11.3 Å². The maximum Gasteiger partial charge on any atom is 0.238 e. The van der Waals surface area contributed by atoms with Gasteiger partial charge in [0.2, 0.25) is 5.91 Å². The molecule has 1 amide bonds. The molecule has 0 aliphatic carbocycles. The van der Waals surface area contributed by atoms with Crippen LogP contribution in [0.4, 0.5) is 5.69 Å². The fourth-order valence-corrected chi connectivity index (χ4v) is 2.97. The first-order chi connectivity index (χ1) is 11.3. The third-order valence-corrected chi connectivity index (χ3v) is 4.16. The summed E-state index contributed by atoms with van der Waals surface area (Å²) in [6.07, 6.45) is 3.06. The molecule has 0 saturated carbocycles. The van der Waals surface area contributed by atoms with Gasteiger partial charge in [-0.15, -0.1) is 0 Å². The zero-order valence-corrected chi connectivity index (χ0v) is 13.4. The molecule has 0 unspecified atom stereocenters. The molecular weight excluding hydrogens is 288 g/mol. The van der Waals surface area contributed by atoms with Gasteiger partial charge < -0.3 is 10.3 Å². The number of amides is 1. The second kappa shape index (κ2) is 7.94. The Morgan fingerprint density at radius 2 is 1.78 bits per heavy atom. The fourth-order valence-electron chi connectivity index (χ4n) is 2.97. The highest BCUT2D eigenvalue weighted by atomic mass is 16.2. The van der Waals surface area contributed by atoms with Crippen molar-refractivity contribution in [1.82, 2.24) is 14.8 Å². The number of carbonyl (C=O) groups excluding carboxylic acids is 1. The molecule has 23 heavy (non-hydrogen) atoms. The highest BCUT2D eigenvalue weighted by molar-refractivity contribution is 5.92. The molecule has 2 heterocycles. The van der Waals surface area contributed by atoms with Crippen molar-refractivity contribution < 1.29 is 4.79 Å². The van der Waals surface area contributed by atoms with Crippen LogP contribution in [0.1, 0.15) is 12.1 Å². The van der Waals surface area contributed by atoms with Crippen LogP contribution in [-0.4, -0.2) is 53.4 Å². The summed E-state index contributed by atoms with van der Waals surface area (Å²) >= 11 is 0. The number of rotatable bonds is 5. The largest absolute Gasteiger partial charge is 0.364 e. The number of nitrogens with zero attached hydrogens (tertiary/aromatic N) is 2. The molecule has 1 aliphatic heterocycles. The lowest BCUT2D eigenvalue weighted by atomic mass is 10.3. The van der Waals surface area contributed by atoms with Gasteiger partial charge in [0, 0.05) is 37.2 Å². The number of carbonyl (C=O) groups is 1. The molecule has 5 nitrogen and oxygen atoms in total. The second-order valence-corrected chi connectivity index (χ2v) is 6.02. The Bertz CT molecular complexity index is 597. The normalized spacial score (nSPS) is 16.9. The number of hydrogen-bond acceptors (Lipinski definition) is 3. The summed E-state index contributed by atoms with van der Waals surface area (Å²) in [5.41, 5.74) is 2.11. The lowest BCUT2D eigenvalue weighted by molar-refractivity contribution is -0.117. The molecule has 1 aliphatic rings. The fraction of sp³-hybridized carbons (Fsp3) is 0.389. The van der Waals surface area contributed by atoms with E-state index in [1.54, 1.807) is 0 Å². The van der Waals surface area contributed by atoms with Crippen molar-refractivity contribution in [2.45, 2.75) is 13.0 Å². The van der Waals surface area contributed by atoms with E-state index in [4.69, 9.17) is 0 Å². The first-order valence-corrected chi connectivity index (χ1v) is 8.21. The Morgan fingerprint density at radius 1 is 1.00 bits per heavy atom. The number of H-pyrrole nitrogens is 1. The number of aromatic amines is 1. The second-order valence-electron chi connectivity index (χ2n) is 6.02. The van der Waals surface area contributed by atoms with Crippen LogP contribution in [0.2, 0.25) is 0 Å². The first kappa shape index (κ1) is 15.8. The molecule has 0 bridgehead atoms. The molecule has 3 rings (SSSR count). The van der Waals surface area contributed by atoms with E-state index in [0.29, 0.717) is 6.54 Å². The van der Waals surface area contributed by atoms with E-state index >= 15 is 0 Å². The molecule has 0 spiro atoms. The van der Waals surface area contributed by atoms with Crippen LogP contribution in [0, 0.1) is 0 Å². The van der Waals surface area contributed by atoms with Gasteiger partial charge in [-0.1, -0.05) is 18.2 Å². The summed E-state index contributed by atoms with van der Waals surface area (Å²) in [5, 5.41) is 2.96. The Labute approximate surface area is 137 Å². The van der Waals surface area contributed by atoms with Gasteiger partial charge in [-0.3, -0.25) is 14.6 Å². The predicted octanol–water partition coefficient (Wildman–Crippen LogP) is 2.16. The molecule has 2 aromatic rings.